The predicted molar refractivity (Wildman–Crippen MR) is 130 cm³/mol. The number of hydrogen-bond acceptors (Lipinski definition) is 7. The van der Waals surface area contributed by atoms with Crippen LogP contribution in [0.3, 0.4) is 0 Å². The van der Waals surface area contributed by atoms with E-state index in [1.807, 2.05) is 65.5 Å². The number of allylic oxidation sites excluding steroid dienone is 2. The third-order valence-corrected chi connectivity index (χ3v) is 5.93. The Morgan fingerprint density at radius 1 is 1.25 bits per heavy atom. The van der Waals surface area contributed by atoms with E-state index in [1.165, 1.54) is 11.3 Å². The van der Waals surface area contributed by atoms with Crippen molar-refractivity contribution in [3.63, 3.8) is 0 Å². The Balaban J connectivity index is 1.64. The van der Waals surface area contributed by atoms with Gasteiger partial charge in [0, 0.05) is 40.7 Å². The number of carbonyl (C=O) groups is 1. The van der Waals surface area contributed by atoms with Crippen molar-refractivity contribution >= 4 is 28.5 Å². The first-order valence-corrected chi connectivity index (χ1v) is 11.2. The van der Waals surface area contributed by atoms with Gasteiger partial charge >= 0.3 is 0 Å². The van der Waals surface area contributed by atoms with Crippen LogP contribution < -0.4 is 15.4 Å². The van der Waals surface area contributed by atoms with Crippen LogP contribution in [0.5, 0.6) is 5.75 Å². The molecule has 1 aromatic carbocycles. The number of methoxy groups -OCH3 is 1. The van der Waals surface area contributed by atoms with Crippen molar-refractivity contribution in [3.8, 4) is 16.9 Å². The maximum Gasteiger partial charge on any atom is 0.192 e. The second-order valence-corrected chi connectivity index (χ2v) is 8.11. The zero-order chi connectivity index (χ0) is 22.3. The van der Waals surface area contributed by atoms with Gasteiger partial charge < -0.3 is 20.8 Å². The molecule has 1 aliphatic heterocycles. The monoisotopic (exact) mass is 444 g/mol. The third-order valence-electron chi connectivity index (χ3n) is 5.18. The van der Waals surface area contributed by atoms with E-state index in [4.69, 9.17) is 10.1 Å². The van der Waals surface area contributed by atoms with E-state index in [9.17, 15) is 4.79 Å². The van der Waals surface area contributed by atoms with Gasteiger partial charge in [-0.25, -0.2) is 0 Å². The maximum absolute atomic E-state index is 13.7. The maximum atomic E-state index is 13.7. The Kier molecular flexibility index (Phi) is 6.77. The number of aromatic nitrogens is 1. The molecule has 2 unspecified atom stereocenters. The Bertz CT molecular complexity index is 1150. The molecule has 3 N–H and O–H groups in total. The van der Waals surface area contributed by atoms with Gasteiger partial charge in [-0.15, -0.1) is 0 Å². The number of nitrogens with zero attached hydrogens (tertiary/aromatic N) is 1. The van der Waals surface area contributed by atoms with Crippen molar-refractivity contribution in [2.75, 3.05) is 12.4 Å². The first-order chi connectivity index (χ1) is 15.7. The quantitative estimate of drug-likeness (QED) is 0.322. The van der Waals surface area contributed by atoms with Crippen LogP contribution in [-0.4, -0.2) is 35.7 Å². The summed E-state index contributed by atoms with van der Waals surface area (Å²) in [5.41, 5.74) is 3.37. The molecule has 0 aliphatic carbocycles. The molecule has 2 aromatic heterocycles. The van der Waals surface area contributed by atoms with Gasteiger partial charge in [0.2, 0.25) is 0 Å². The molecule has 7 heteroatoms. The molecule has 32 heavy (non-hydrogen) atoms. The zero-order valence-electron chi connectivity index (χ0n) is 17.6. The van der Waals surface area contributed by atoms with Gasteiger partial charge in [-0.2, -0.15) is 11.3 Å². The number of ketones is 1. The Labute approximate surface area is 191 Å². The minimum atomic E-state index is -0.831. The lowest BCUT2D eigenvalue weighted by molar-refractivity contribution is 0.0990. The number of carbonyl (C=O) groups excluding carboxylic acids is 1. The van der Waals surface area contributed by atoms with E-state index < -0.39 is 6.04 Å². The summed E-state index contributed by atoms with van der Waals surface area (Å²) >= 11 is 1.48. The fraction of sp³-hybridized carbons (Fsp3) is 0.160. The predicted octanol–water partition coefficient (Wildman–Crippen LogP) is 4.93. The highest BCUT2D eigenvalue weighted by atomic mass is 32.1. The Hall–Kier alpha value is -3.71. The first kappa shape index (κ1) is 21.5. The van der Waals surface area contributed by atoms with E-state index >= 15 is 0 Å². The number of Topliss-reactive ketones (excluding diaryl/α,β-unsaturated/α-hetero) is 1. The SMILES string of the molecule is COc1cncc(NC(C(=N)CC2C=CC=CN2)C(=O)c2cscc2-c2ccccc2)c1. The number of dihydropyridines is 1. The molecule has 1 aliphatic rings. The molecule has 0 amide bonds. The topological polar surface area (TPSA) is 87.1 Å². The van der Waals surface area contributed by atoms with Gasteiger partial charge in [-0.3, -0.25) is 9.78 Å². The summed E-state index contributed by atoms with van der Waals surface area (Å²) in [6.45, 7) is 0. The Morgan fingerprint density at radius 2 is 2.09 bits per heavy atom. The van der Waals surface area contributed by atoms with Crippen LogP contribution in [0.25, 0.3) is 11.1 Å². The number of ether oxygens (including phenoxy) is 1. The molecule has 0 fully saturated rings. The fourth-order valence-electron chi connectivity index (χ4n) is 3.54. The summed E-state index contributed by atoms with van der Waals surface area (Å²) in [6, 6.07) is 10.7. The standard InChI is InChI=1S/C25H24N4O2S/c1-31-20-11-19(13-27-14-20)29-24(23(26)12-18-9-5-6-10-28-18)25(30)22-16-32-15-21(22)17-7-3-2-4-8-17/h2-11,13-16,18,24,26,28-29H,12H2,1H3. The van der Waals surface area contributed by atoms with Gasteiger partial charge in [0.05, 0.1) is 25.2 Å². The number of pyridine rings is 1. The van der Waals surface area contributed by atoms with Crippen molar-refractivity contribution in [3.05, 3.63) is 89.5 Å². The molecule has 3 heterocycles. The highest BCUT2D eigenvalue weighted by molar-refractivity contribution is 7.08. The molecule has 6 nitrogen and oxygen atoms in total. The molecule has 0 spiro atoms. The summed E-state index contributed by atoms with van der Waals surface area (Å²) in [7, 11) is 1.57. The van der Waals surface area contributed by atoms with Crippen LogP contribution in [0.15, 0.2) is 84.0 Å². The molecule has 0 saturated carbocycles. The average molecular weight is 445 g/mol. The summed E-state index contributed by atoms with van der Waals surface area (Å²) in [5, 5.41) is 19.1. The highest BCUT2D eigenvalue weighted by Crippen LogP contribution is 2.29. The molecule has 2 atom stereocenters. The molecule has 4 rings (SSSR count). The first-order valence-electron chi connectivity index (χ1n) is 10.2. The number of thiophene rings is 1. The van der Waals surface area contributed by atoms with Crippen LogP contribution in [0.1, 0.15) is 16.8 Å². The minimum absolute atomic E-state index is 0.0379. The van der Waals surface area contributed by atoms with Crippen molar-refractivity contribution in [2.24, 2.45) is 0 Å². The van der Waals surface area contributed by atoms with Gasteiger partial charge in [-0.1, -0.05) is 42.5 Å². The van der Waals surface area contributed by atoms with Crippen LogP contribution in [0.4, 0.5) is 5.69 Å². The van der Waals surface area contributed by atoms with E-state index in [2.05, 4.69) is 15.6 Å². The van der Waals surface area contributed by atoms with Crippen LogP contribution in [-0.2, 0) is 0 Å². The summed E-state index contributed by atoms with van der Waals surface area (Å²) in [6.07, 6.45) is 11.3. The van der Waals surface area contributed by atoms with E-state index in [1.54, 1.807) is 25.6 Å². The zero-order valence-corrected chi connectivity index (χ0v) is 18.4. The lowest BCUT2D eigenvalue weighted by Crippen LogP contribution is -2.40. The number of rotatable bonds is 9. The van der Waals surface area contributed by atoms with Gasteiger partial charge in [0.15, 0.2) is 5.78 Å². The van der Waals surface area contributed by atoms with Crippen molar-refractivity contribution < 1.29 is 9.53 Å². The lowest BCUT2D eigenvalue weighted by atomic mass is 9.93. The van der Waals surface area contributed by atoms with E-state index in [0.717, 1.165) is 11.1 Å². The molecule has 0 radical (unpaired) electrons. The molecule has 0 bridgehead atoms. The van der Waals surface area contributed by atoms with Crippen molar-refractivity contribution in [1.29, 1.82) is 5.41 Å². The van der Waals surface area contributed by atoms with Gasteiger partial charge in [0.1, 0.15) is 11.8 Å². The number of hydrogen-bond donors (Lipinski definition) is 3. The number of anilines is 1. The van der Waals surface area contributed by atoms with Crippen LogP contribution in [0.2, 0.25) is 0 Å². The molecule has 3 aromatic rings. The number of benzene rings is 1. The summed E-state index contributed by atoms with van der Waals surface area (Å²) < 4.78 is 5.26. The minimum Gasteiger partial charge on any atom is -0.495 e. The Morgan fingerprint density at radius 3 is 2.84 bits per heavy atom. The second-order valence-electron chi connectivity index (χ2n) is 7.37. The molecule has 0 saturated heterocycles. The summed E-state index contributed by atoms with van der Waals surface area (Å²) in [5.74, 6) is 0.434. The molecule has 162 valence electrons. The van der Waals surface area contributed by atoms with Crippen molar-refractivity contribution in [2.45, 2.75) is 18.5 Å². The van der Waals surface area contributed by atoms with Crippen molar-refractivity contribution in [1.82, 2.24) is 10.3 Å². The second kappa shape index (κ2) is 10.1. The molecular formula is C25H24N4O2S. The van der Waals surface area contributed by atoms with E-state index in [0.29, 0.717) is 29.1 Å². The third kappa shape index (κ3) is 4.95. The normalized spacial score (nSPS) is 15.6. The van der Waals surface area contributed by atoms with Gasteiger partial charge in [0.25, 0.3) is 0 Å². The largest absolute Gasteiger partial charge is 0.495 e. The summed E-state index contributed by atoms with van der Waals surface area (Å²) in [4.78, 5) is 17.9. The number of nitrogens with one attached hydrogen (secondary N) is 3. The smallest absolute Gasteiger partial charge is 0.192 e. The van der Waals surface area contributed by atoms with Gasteiger partial charge in [-0.05, 0) is 23.2 Å². The van der Waals surface area contributed by atoms with E-state index in [-0.39, 0.29) is 11.8 Å². The highest BCUT2D eigenvalue weighted by Gasteiger charge is 2.28. The fourth-order valence-corrected chi connectivity index (χ4v) is 4.39. The molecular weight excluding hydrogens is 420 g/mol. The van der Waals surface area contributed by atoms with Crippen LogP contribution in [0, 0.1) is 5.41 Å². The average Bonchev–Trinajstić information content (AvgIpc) is 3.33. The van der Waals surface area contributed by atoms with Crippen LogP contribution >= 0.6 is 11.3 Å². The lowest BCUT2D eigenvalue weighted by Gasteiger charge is -2.23.